The van der Waals surface area contributed by atoms with Crippen molar-refractivity contribution in [3.05, 3.63) is 33.3 Å². The third-order valence-corrected chi connectivity index (χ3v) is 2.67. The Morgan fingerprint density at radius 1 is 1.46 bits per heavy atom. The molecule has 0 aliphatic carbocycles. The van der Waals surface area contributed by atoms with Gasteiger partial charge in [0, 0.05) is 15.5 Å². The van der Waals surface area contributed by atoms with Crippen LogP contribution in [-0.2, 0) is 0 Å². The van der Waals surface area contributed by atoms with Crippen LogP contribution >= 0.6 is 27.5 Å². The van der Waals surface area contributed by atoms with E-state index in [-0.39, 0.29) is 6.04 Å². The molecule has 1 rings (SSSR count). The monoisotopic (exact) mass is 262 g/mol. The van der Waals surface area contributed by atoms with Gasteiger partial charge in [-0.1, -0.05) is 27.5 Å². The number of nitrogens with two attached hydrogens (primary N) is 2. The molecule has 13 heavy (non-hydrogen) atoms. The van der Waals surface area contributed by atoms with Crippen LogP contribution in [0.25, 0.3) is 0 Å². The van der Waals surface area contributed by atoms with E-state index in [1.807, 2.05) is 18.2 Å². The fourth-order valence-corrected chi connectivity index (χ4v) is 1.77. The molecule has 0 aliphatic rings. The van der Waals surface area contributed by atoms with E-state index in [0.29, 0.717) is 11.6 Å². The first kappa shape index (κ1) is 11.0. The Bertz CT molecular complexity index is 291. The van der Waals surface area contributed by atoms with Gasteiger partial charge in [0.05, 0.1) is 0 Å². The number of benzene rings is 1. The molecule has 0 amide bonds. The Morgan fingerprint density at radius 3 is 2.77 bits per heavy atom. The first-order valence-corrected chi connectivity index (χ1v) is 5.23. The van der Waals surface area contributed by atoms with Crippen molar-refractivity contribution < 1.29 is 0 Å². The molecule has 0 aliphatic heterocycles. The minimum absolute atomic E-state index is 0.0741. The largest absolute Gasteiger partial charge is 0.330 e. The van der Waals surface area contributed by atoms with Gasteiger partial charge < -0.3 is 11.5 Å². The van der Waals surface area contributed by atoms with Crippen molar-refractivity contribution in [2.24, 2.45) is 11.5 Å². The summed E-state index contributed by atoms with van der Waals surface area (Å²) in [5.41, 5.74) is 12.3. The van der Waals surface area contributed by atoms with Crippen LogP contribution in [0, 0.1) is 0 Å². The summed E-state index contributed by atoms with van der Waals surface area (Å²) in [6.45, 7) is 0.573. The topological polar surface area (TPSA) is 52.0 Å². The van der Waals surface area contributed by atoms with Gasteiger partial charge in [0.25, 0.3) is 0 Å². The van der Waals surface area contributed by atoms with Gasteiger partial charge in [0.1, 0.15) is 0 Å². The molecule has 4 N–H and O–H groups in total. The fourth-order valence-electron chi connectivity index (χ4n) is 1.13. The van der Waals surface area contributed by atoms with Crippen LogP contribution < -0.4 is 11.5 Å². The van der Waals surface area contributed by atoms with Crippen molar-refractivity contribution in [1.82, 2.24) is 0 Å². The highest BCUT2D eigenvalue weighted by molar-refractivity contribution is 9.10. The summed E-state index contributed by atoms with van der Waals surface area (Å²) in [6, 6.07) is 5.58. The summed E-state index contributed by atoms with van der Waals surface area (Å²) in [4.78, 5) is 0. The number of hydrogen-bond donors (Lipinski definition) is 2. The quantitative estimate of drug-likeness (QED) is 0.880. The van der Waals surface area contributed by atoms with Crippen molar-refractivity contribution >= 4 is 27.5 Å². The maximum absolute atomic E-state index is 5.99. The van der Waals surface area contributed by atoms with Gasteiger partial charge in [0.15, 0.2) is 0 Å². The maximum Gasteiger partial charge on any atom is 0.0454 e. The Labute approximate surface area is 91.4 Å². The van der Waals surface area contributed by atoms with Crippen LogP contribution in [0.1, 0.15) is 18.0 Å². The van der Waals surface area contributed by atoms with E-state index >= 15 is 0 Å². The van der Waals surface area contributed by atoms with Crippen LogP contribution in [0.2, 0.25) is 5.02 Å². The number of rotatable bonds is 3. The molecule has 1 aromatic rings. The van der Waals surface area contributed by atoms with Crippen molar-refractivity contribution in [3.8, 4) is 0 Å². The highest BCUT2D eigenvalue weighted by atomic mass is 79.9. The first-order chi connectivity index (χ1) is 6.15. The molecule has 0 saturated heterocycles. The predicted molar refractivity (Wildman–Crippen MR) is 59.8 cm³/mol. The third-order valence-electron chi connectivity index (χ3n) is 1.84. The van der Waals surface area contributed by atoms with Crippen LogP contribution in [0.15, 0.2) is 22.7 Å². The molecular weight excluding hydrogens is 251 g/mol. The first-order valence-electron chi connectivity index (χ1n) is 4.05. The van der Waals surface area contributed by atoms with Crippen molar-refractivity contribution in [3.63, 3.8) is 0 Å². The zero-order chi connectivity index (χ0) is 9.84. The molecule has 0 saturated carbocycles. The van der Waals surface area contributed by atoms with Gasteiger partial charge in [-0.05, 0) is 36.7 Å². The van der Waals surface area contributed by atoms with Gasteiger partial charge in [0.2, 0.25) is 0 Å². The maximum atomic E-state index is 5.99. The lowest BCUT2D eigenvalue weighted by Crippen LogP contribution is -2.15. The molecule has 2 nitrogen and oxygen atoms in total. The van der Waals surface area contributed by atoms with Gasteiger partial charge >= 0.3 is 0 Å². The predicted octanol–water partition coefficient (Wildman–Crippen LogP) is 2.45. The van der Waals surface area contributed by atoms with Gasteiger partial charge in [-0.3, -0.25) is 0 Å². The summed E-state index contributed by atoms with van der Waals surface area (Å²) in [7, 11) is 0. The second kappa shape index (κ2) is 4.96. The second-order valence-corrected chi connectivity index (χ2v) is 4.17. The minimum Gasteiger partial charge on any atom is -0.330 e. The zero-order valence-corrected chi connectivity index (χ0v) is 9.48. The molecule has 72 valence electrons. The van der Waals surface area contributed by atoms with E-state index in [2.05, 4.69) is 15.9 Å². The average molecular weight is 264 g/mol. The van der Waals surface area contributed by atoms with Crippen molar-refractivity contribution in [2.45, 2.75) is 12.5 Å². The average Bonchev–Trinajstić information content (AvgIpc) is 2.09. The Morgan fingerprint density at radius 2 is 2.15 bits per heavy atom. The molecule has 1 aromatic carbocycles. The van der Waals surface area contributed by atoms with Crippen LogP contribution in [0.4, 0.5) is 0 Å². The Balaban J connectivity index is 2.91. The normalized spacial score (nSPS) is 12.9. The summed E-state index contributed by atoms with van der Waals surface area (Å²) < 4.78 is 0.986. The number of hydrogen-bond acceptors (Lipinski definition) is 2. The fraction of sp³-hybridized carbons (Fsp3) is 0.333. The zero-order valence-electron chi connectivity index (χ0n) is 7.13. The molecular formula is C9H12BrClN2. The lowest BCUT2D eigenvalue weighted by Gasteiger charge is -2.12. The van der Waals surface area contributed by atoms with Crippen LogP contribution in [0.3, 0.4) is 0 Å². The molecule has 0 bridgehead atoms. The van der Waals surface area contributed by atoms with Crippen molar-refractivity contribution in [1.29, 1.82) is 0 Å². The summed E-state index contributed by atoms with van der Waals surface area (Å²) in [5.74, 6) is 0. The third kappa shape index (κ3) is 2.95. The molecule has 0 spiro atoms. The smallest absolute Gasteiger partial charge is 0.0454 e. The van der Waals surface area contributed by atoms with E-state index in [1.54, 1.807) is 0 Å². The summed E-state index contributed by atoms with van der Waals surface area (Å²) in [6.07, 6.45) is 0.746. The molecule has 0 radical (unpaired) electrons. The molecule has 0 fully saturated rings. The number of halogens is 2. The van der Waals surface area contributed by atoms with Gasteiger partial charge in [-0.25, -0.2) is 0 Å². The molecule has 1 unspecified atom stereocenters. The summed E-state index contributed by atoms with van der Waals surface area (Å²) >= 11 is 9.36. The second-order valence-electron chi connectivity index (χ2n) is 2.85. The van der Waals surface area contributed by atoms with E-state index in [9.17, 15) is 0 Å². The van der Waals surface area contributed by atoms with Crippen LogP contribution in [0.5, 0.6) is 0 Å². The molecule has 0 heterocycles. The highest BCUT2D eigenvalue weighted by Gasteiger charge is 2.09. The molecule has 0 aromatic heterocycles. The highest BCUT2D eigenvalue weighted by Crippen LogP contribution is 2.26. The van der Waals surface area contributed by atoms with E-state index < -0.39 is 0 Å². The van der Waals surface area contributed by atoms with Gasteiger partial charge in [-0.15, -0.1) is 0 Å². The van der Waals surface area contributed by atoms with Crippen molar-refractivity contribution in [2.75, 3.05) is 6.54 Å². The summed E-state index contributed by atoms with van der Waals surface area (Å²) in [5, 5.41) is 0.698. The van der Waals surface area contributed by atoms with Gasteiger partial charge in [-0.2, -0.15) is 0 Å². The minimum atomic E-state index is -0.0741. The van der Waals surface area contributed by atoms with E-state index in [1.165, 1.54) is 0 Å². The standard InChI is InChI=1S/C9H12BrClN2/c10-6-1-2-8(11)7(5-6)9(13)3-4-12/h1-2,5,9H,3-4,12-13H2. The van der Waals surface area contributed by atoms with E-state index in [0.717, 1.165) is 16.5 Å². The lowest BCUT2D eigenvalue weighted by atomic mass is 10.1. The van der Waals surface area contributed by atoms with E-state index in [4.69, 9.17) is 23.1 Å². The Kier molecular flexibility index (Phi) is 4.19. The lowest BCUT2D eigenvalue weighted by molar-refractivity contribution is 0.661. The van der Waals surface area contributed by atoms with Crippen LogP contribution in [-0.4, -0.2) is 6.54 Å². The Hall–Kier alpha value is -0.0900. The SMILES string of the molecule is NCCC(N)c1cc(Br)ccc1Cl. The molecule has 1 atom stereocenters. The molecule has 4 heteroatoms.